The molecule has 88 valence electrons. The summed E-state index contributed by atoms with van der Waals surface area (Å²) in [6.45, 7) is 7.35. The van der Waals surface area contributed by atoms with Crippen LogP contribution >= 0.6 is 0 Å². The normalized spacial score (nSPS) is 24.6. The number of halogens is 1. The average molecular weight is 221 g/mol. The smallest absolute Gasteiger partial charge is 0.127 e. The Kier molecular flexibility index (Phi) is 3.29. The van der Waals surface area contributed by atoms with E-state index in [2.05, 4.69) is 26.1 Å². The van der Waals surface area contributed by atoms with E-state index < -0.39 is 0 Å². The predicted molar refractivity (Wildman–Crippen MR) is 64.9 cm³/mol. The van der Waals surface area contributed by atoms with Crippen LogP contribution in [0.5, 0.6) is 0 Å². The maximum Gasteiger partial charge on any atom is 0.127 e. The first-order valence-corrected chi connectivity index (χ1v) is 6.10. The number of benzene rings is 1. The van der Waals surface area contributed by atoms with E-state index in [1.807, 2.05) is 6.07 Å². The molecule has 0 aromatic heterocycles. The van der Waals surface area contributed by atoms with Gasteiger partial charge in [-0.3, -0.25) is 0 Å². The Morgan fingerprint density at radius 3 is 2.88 bits per heavy atom. The standard InChI is InChI=1S/C14H20FN/c1-9(2)7-13-10(3)14-11(8-16-13)5-4-6-12(14)15/h4-6,9-10,13,16H,7-8H2,1-3H3. The molecule has 1 nitrogen and oxygen atoms in total. The average Bonchev–Trinajstić information content (AvgIpc) is 2.22. The molecule has 0 saturated heterocycles. The fourth-order valence-corrected chi connectivity index (χ4v) is 2.66. The summed E-state index contributed by atoms with van der Waals surface area (Å²) in [6, 6.07) is 5.80. The summed E-state index contributed by atoms with van der Waals surface area (Å²) in [4.78, 5) is 0. The van der Waals surface area contributed by atoms with Crippen molar-refractivity contribution in [3.8, 4) is 0 Å². The van der Waals surface area contributed by atoms with Gasteiger partial charge in [-0.05, 0) is 35.4 Å². The summed E-state index contributed by atoms with van der Waals surface area (Å²) in [5.74, 6) is 0.876. The van der Waals surface area contributed by atoms with Crippen LogP contribution < -0.4 is 5.32 Å². The lowest BCUT2D eigenvalue weighted by Gasteiger charge is -2.33. The Morgan fingerprint density at radius 1 is 1.44 bits per heavy atom. The molecule has 1 aromatic rings. The fourth-order valence-electron chi connectivity index (χ4n) is 2.66. The van der Waals surface area contributed by atoms with Crippen LogP contribution in [0.3, 0.4) is 0 Å². The topological polar surface area (TPSA) is 12.0 Å². The van der Waals surface area contributed by atoms with E-state index >= 15 is 0 Å². The molecule has 0 radical (unpaired) electrons. The van der Waals surface area contributed by atoms with Crippen molar-refractivity contribution in [2.24, 2.45) is 5.92 Å². The van der Waals surface area contributed by atoms with Gasteiger partial charge < -0.3 is 5.32 Å². The highest BCUT2D eigenvalue weighted by atomic mass is 19.1. The quantitative estimate of drug-likeness (QED) is 0.806. The van der Waals surface area contributed by atoms with E-state index in [1.165, 1.54) is 0 Å². The third-order valence-corrected chi connectivity index (χ3v) is 3.48. The van der Waals surface area contributed by atoms with Crippen LogP contribution in [-0.2, 0) is 6.54 Å². The zero-order chi connectivity index (χ0) is 11.7. The molecule has 0 saturated carbocycles. The summed E-state index contributed by atoms with van der Waals surface area (Å²) < 4.78 is 13.8. The lowest BCUT2D eigenvalue weighted by molar-refractivity contribution is 0.347. The Balaban J connectivity index is 2.27. The SMILES string of the molecule is CC(C)CC1NCc2cccc(F)c2C1C. The van der Waals surface area contributed by atoms with Crippen LogP contribution in [0.4, 0.5) is 4.39 Å². The summed E-state index contributed by atoms with van der Waals surface area (Å²) in [5.41, 5.74) is 2.04. The molecule has 2 unspecified atom stereocenters. The molecule has 2 rings (SSSR count). The van der Waals surface area contributed by atoms with E-state index in [0.29, 0.717) is 12.0 Å². The minimum absolute atomic E-state index is 0.0414. The maximum atomic E-state index is 13.8. The first-order valence-electron chi connectivity index (χ1n) is 6.10. The van der Waals surface area contributed by atoms with Gasteiger partial charge in [-0.2, -0.15) is 0 Å². The van der Waals surface area contributed by atoms with Crippen molar-refractivity contribution in [3.63, 3.8) is 0 Å². The molecule has 0 spiro atoms. The van der Waals surface area contributed by atoms with Gasteiger partial charge in [-0.1, -0.05) is 32.9 Å². The van der Waals surface area contributed by atoms with Crippen molar-refractivity contribution in [2.75, 3.05) is 0 Å². The zero-order valence-electron chi connectivity index (χ0n) is 10.3. The molecule has 0 fully saturated rings. The first-order chi connectivity index (χ1) is 7.59. The molecule has 1 aliphatic rings. The molecule has 2 atom stereocenters. The van der Waals surface area contributed by atoms with E-state index in [1.54, 1.807) is 12.1 Å². The Labute approximate surface area is 97.1 Å². The van der Waals surface area contributed by atoms with Crippen LogP contribution in [0.25, 0.3) is 0 Å². The molecular weight excluding hydrogens is 201 g/mol. The van der Waals surface area contributed by atoms with Crippen LogP contribution in [0.2, 0.25) is 0 Å². The Morgan fingerprint density at radius 2 is 2.19 bits per heavy atom. The van der Waals surface area contributed by atoms with Crippen molar-refractivity contribution in [1.29, 1.82) is 0 Å². The van der Waals surface area contributed by atoms with Gasteiger partial charge in [0.25, 0.3) is 0 Å². The molecule has 1 heterocycles. The summed E-state index contributed by atoms with van der Waals surface area (Å²) in [7, 11) is 0. The largest absolute Gasteiger partial charge is 0.309 e. The molecule has 1 N–H and O–H groups in total. The van der Waals surface area contributed by atoms with Crippen molar-refractivity contribution in [2.45, 2.75) is 45.7 Å². The molecule has 2 heteroatoms. The number of hydrogen-bond acceptors (Lipinski definition) is 1. The van der Waals surface area contributed by atoms with Gasteiger partial charge in [0.05, 0.1) is 0 Å². The third-order valence-electron chi connectivity index (χ3n) is 3.48. The van der Waals surface area contributed by atoms with Crippen LogP contribution in [0.15, 0.2) is 18.2 Å². The van der Waals surface area contributed by atoms with Gasteiger partial charge >= 0.3 is 0 Å². The minimum atomic E-state index is -0.0414. The Hall–Kier alpha value is -0.890. The Bertz CT molecular complexity index is 373. The van der Waals surface area contributed by atoms with Gasteiger partial charge in [0.15, 0.2) is 0 Å². The molecular formula is C14H20FN. The maximum absolute atomic E-state index is 13.8. The molecule has 0 aliphatic carbocycles. The summed E-state index contributed by atoms with van der Waals surface area (Å²) in [6.07, 6.45) is 1.11. The van der Waals surface area contributed by atoms with Crippen molar-refractivity contribution < 1.29 is 4.39 Å². The highest BCUT2D eigenvalue weighted by Gasteiger charge is 2.28. The lowest BCUT2D eigenvalue weighted by atomic mass is 9.82. The number of fused-ring (bicyclic) bond motifs is 1. The number of rotatable bonds is 2. The zero-order valence-corrected chi connectivity index (χ0v) is 10.3. The van der Waals surface area contributed by atoms with Crippen LogP contribution in [0.1, 0.15) is 44.2 Å². The number of hydrogen-bond donors (Lipinski definition) is 1. The highest BCUT2D eigenvalue weighted by Crippen LogP contribution is 2.32. The van der Waals surface area contributed by atoms with Gasteiger partial charge in [0.2, 0.25) is 0 Å². The molecule has 0 bridgehead atoms. The second kappa shape index (κ2) is 4.54. The fraction of sp³-hybridized carbons (Fsp3) is 0.571. The highest BCUT2D eigenvalue weighted by molar-refractivity contribution is 5.34. The second-order valence-corrected chi connectivity index (χ2v) is 5.22. The van der Waals surface area contributed by atoms with E-state index in [4.69, 9.17) is 0 Å². The molecule has 1 aromatic carbocycles. The van der Waals surface area contributed by atoms with Gasteiger partial charge in [-0.25, -0.2) is 4.39 Å². The van der Waals surface area contributed by atoms with Crippen molar-refractivity contribution in [3.05, 3.63) is 35.1 Å². The lowest BCUT2D eigenvalue weighted by Crippen LogP contribution is -2.39. The molecule has 0 amide bonds. The summed E-state index contributed by atoms with van der Waals surface area (Å²) >= 11 is 0. The van der Waals surface area contributed by atoms with Gasteiger partial charge in [0, 0.05) is 12.6 Å². The van der Waals surface area contributed by atoms with Crippen LogP contribution in [0, 0.1) is 11.7 Å². The second-order valence-electron chi connectivity index (χ2n) is 5.22. The first kappa shape index (κ1) is 11.6. The van der Waals surface area contributed by atoms with Crippen LogP contribution in [-0.4, -0.2) is 6.04 Å². The minimum Gasteiger partial charge on any atom is -0.309 e. The van der Waals surface area contributed by atoms with Gasteiger partial charge in [-0.15, -0.1) is 0 Å². The summed E-state index contributed by atoms with van der Waals surface area (Å²) in [5, 5.41) is 3.52. The third kappa shape index (κ3) is 2.12. The monoisotopic (exact) mass is 221 g/mol. The van der Waals surface area contributed by atoms with E-state index in [0.717, 1.165) is 24.1 Å². The van der Waals surface area contributed by atoms with Gasteiger partial charge in [0.1, 0.15) is 5.82 Å². The molecule has 1 aliphatic heterocycles. The predicted octanol–water partition coefficient (Wildman–Crippen LogP) is 3.45. The van der Waals surface area contributed by atoms with E-state index in [-0.39, 0.29) is 11.7 Å². The van der Waals surface area contributed by atoms with E-state index in [9.17, 15) is 4.39 Å². The number of nitrogens with one attached hydrogen (secondary N) is 1. The molecule has 16 heavy (non-hydrogen) atoms. The van der Waals surface area contributed by atoms with Crippen molar-refractivity contribution >= 4 is 0 Å². The van der Waals surface area contributed by atoms with Crippen molar-refractivity contribution in [1.82, 2.24) is 5.32 Å².